The highest BCUT2D eigenvalue weighted by atomic mass is 14.8. The summed E-state index contributed by atoms with van der Waals surface area (Å²) in [5.74, 6) is 1.63. The number of hydrogen-bond donors (Lipinski definition) is 1. The molecular formula is C22H36BN. The second-order valence-electron chi connectivity index (χ2n) is 8.64. The summed E-state index contributed by atoms with van der Waals surface area (Å²) in [7, 11) is 2.30. The van der Waals surface area contributed by atoms with E-state index >= 15 is 0 Å². The van der Waals surface area contributed by atoms with Crippen LogP contribution in [0, 0.1) is 5.92 Å². The molecule has 1 nitrogen and oxygen atoms in total. The Kier molecular flexibility index (Phi) is 6.08. The Bertz CT molecular complexity index is 541. The average Bonchev–Trinajstić information content (AvgIpc) is 3.01. The van der Waals surface area contributed by atoms with Crippen molar-refractivity contribution in [1.82, 2.24) is 0 Å². The summed E-state index contributed by atoms with van der Waals surface area (Å²) >= 11 is 0. The molecule has 2 heteroatoms. The van der Waals surface area contributed by atoms with E-state index in [0.29, 0.717) is 5.92 Å². The van der Waals surface area contributed by atoms with Crippen molar-refractivity contribution in [2.75, 3.05) is 0 Å². The molecule has 2 aliphatic rings. The maximum absolute atomic E-state index is 6.51. The summed E-state index contributed by atoms with van der Waals surface area (Å²) in [5, 5.41) is 0. The Balaban J connectivity index is 1.58. The summed E-state index contributed by atoms with van der Waals surface area (Å²) in [6.07, 6.45) is 15.9. The summed E-state index contributed by atoms with van der Waals surface area (Å²) in [5.41, 5.74) is 11.5. The van der Waals surface area contributed by atoms with Gasteiger partial charge < -0.3 is 5.73 Å². The maximum atomic E-state index is 6.51. The molecule has 0 radical (unpaired) electrons. The molecule has 0 aromatic heterocycles. The third-order valence-corrected chi connectivity index (χ3v) is 6.85. The van der Waals surface area contributed by atoms with Gasteiger partial charge in [0.05, 0.1) is 0 Å². The molecular weight excluding hydrogens is 289 g/mol. The van der Waals surface area contributed by atoms with E-state index in [0.717, 1.165) is 12.3 Å². The van der Waals surface area contributed by atoms with Crippen molar-refractivity contribution in [2.24, 2.45) is 11.7 Å². The van der Waals surface area contributed by atoms with Crippen LogP contribution in [0.2, 0.25) is 6.32 Å². The molecule has 0 unspecified atom stereocenters. The molecule has 0 saturated heterocycles. The number of unbranched alkanes of at least 4 members (excludes halogenated alkanes) is 2. The largest absolute Gasteiger partial charge is 0.325 e. The summed E-state index contributed by atoms with van der Waals surface area (Å²) < 4.78 is 0. The third-order valence-electron chi connectivity index (χ3n) is 6.85. The van der Waals surface area contributed by atoms with Crippen LogP contribution in [0.15, 0.2) is 18.2 Å². The standard InChI is InChI=1S/C22H36BN/c1-2-22(24)12-11-21(16-22)20-10-9-18-14-17(6-4-3-5-13-23)7-8-19(18)15-20/h9-10,15,17,21H,2-8,11-14,16,23-24H2,1H3/t17-,21+,22-/m1/s1. The molecule has 1 aromatic rings. The first-order valence-corrected chi connectivity index (χ1v) is 10.5. The lowest BCUT2D eigenvalue weighted by Crippen LogP contribution is -2.35. The zero-order chi connectivity index (χ0) is 17.0. The van der Waals surface area contributed by atoms with Gasteiger partial charge in [0.1, 0.15) is 7.85 Å². The smallest absolute Gasteiger partial charge is 0.101 e. The van der Waals surface area contributed by atoms with Crippen molar-refractivity contribution in [3.05, 3.63) is 34.9 Å². The number of aryl methyl sites for hydroxylation is 1. The van der Waals surface area contributed by atoms with Crippen LogP contribution in [-0.2, 0) is 12.8 Å². The molecule has 132 valence electrons. The molecule has 1 saturated carbocycles. The second kappa shape index (κ2) is 8.08. The minimum Gasteiger partial charge on any atom is -0.325 e. The van der Waals surface area contributed by atoms with E-state index in [1.807, 2.05) is 0 Å². The zero-order valence-electron chi connectivity index (χ0n) is 15.9. The summed E-state index contributed by atoms with van der Waals surface area (Å²) in [6.45, 7) is 2.25. The maximum Gasteiger partial charge on any atom is 0.101 e. The SMILES string of the molecule is BCCCCC[C@@H]1CCc2cc([C@H]3CC[C@](N)(CC)C3)ccc2C1. The van der Waals surface area contributed by atoms with Crippen LogP contribution >= 0.6 is 0 Å². The lowest BCUT2D eigenvalue weighted by atomic mass is 9.79. The highest BCUT2D eigenvalue weighted by Gasteiger charge is 2.35. The van der Waals surface area contributed by atoms with Crippen LogP contribution in [0.25, 0.3) is 0 Å². The molecule has 0 aliphatic heterocycles. The average molecular weight is 325 g/mol. The minimum atomic E-state index is 0.101. The van der Waals surface area contributed by atoms with Gasteiger partial charge in [-0.25, -0.2) is 0 Å². The van der Waals surface area contributed by atoms with Crippen LogP contribution in [0.4, 0.5) is 0 Å². The Morgan fingerprint density at radius 2 is 2.04 bits per heavy atom. The van der Waals surface area contributed by atoms with E-state index in [2.05, 4.69) is 33.0 Å². The first-order chi connectivity index (χ1) is 11.6. The van der Waals surface area contributed by atoms with Gasteiger partial charge in [0.15, 0.2) is 0 Å². The van der Waals surface area contributed by atoms with E-state index in [1.54, 1.807) is 16.7 Å². The van der Waals surface area contributed by atoms with Gasteiger partial charge in [-0.3, -0.25) is 0 Å². The predicted molar refractivity (Wildman–Crippen MR) is 108 cm³/mol. The van der Waals surface area contributed by atoms with Gasteiger partial charge in [0.25, 0.3) is 0 Å². The third kappa shape index (κ3) is 4.25. The molecule has 0 bridgehead atoms. The first-order valence-electron chi connectivity index (χ1n) is 10.5. The molecule has 0 amide bonds. The van der Waals surface area contributed by atoms with Crippen molar-refractivity contribution in [3.8, 4) is 0 Å². The van der Waals surface area contributed by atoms with E-state index in [4.69, 9.17) is 5.73 Å². The van der Waals surface area contributed by atoms with Crippen LogP contribution in [0.3, 0.4) is 0 Å². The van der Waals surface area contributed by atoms with E-state index in [-0.39, 0.29) is 5.54 Å². The van der Waals surface area contributed by atoms with E-state index < -0.39 is 0 Å². The van der Waals surface area contributed by atoms with Crippen LogP contribution in [0.1, 0.15) is 87.3 Å². The van der Waals surface area contributed by atoms with Crippen LogP contribution in [-0.4, -0.2) is 13.4 Å². The van der Waals surface area contributed by atoms with E-state index in [1.165, 1.54) is 70.5 Å². The first kappa shape index (κ1) is 18.0. The molecule has 0 heterocycles. The molecule has 0 spiro atoms. The predicted octanol–water partition coefficient (Wildman–Crippen LogP) is 4.78. The van der Waals surface area contributed by atoms with Gasteiger partial charge in [-0.05, 0) is 73.5 Å². The number of fused-ring (bicyclic) bond motifs is 1. The fourth-order valence-corrected chi connectivity index (χ4v) is 4.97. The normalized spacial score (nSPS) is 29.6. The van der Waals surface area contributed by atoms with Crippen molar-refractivity contribution >= 4 is 7.85 Å². The van der Waals surface area contributed by atoms with Gasteiger partial charge in [0, 0.05) is 5.54 Å². The fourth-order valence-electron chi connectivity index (χ4n) is 4.97. The van der Waals surface area contributed by atoms with Gasteiger partial charge in [-0.15, -0.1) is 0 Å². The molecule has 1 fully saturated rings. The molecule has 24 heavy (non-hydrogen) atoms. The summed E-state index contributed by atoms with van der Waals surface area (Å²) in [6, 6.07) is 7.41. The second-order valence-corrected chi connectivity index (χ2v) is 8.64. The summed E-state index contributed by atoms with van der Waals surface area (Å²) in [4.78, 5) is 0. The highest BCUT2D eigenvalue weighted by Crippen LogP contribution is 2.42. The Labute approximate surface area is 150 Å². The van der Waals surface area contributed by atoms with Crippen LogP contribution in [0.5, 0.6) is 0 Å². The lowest BCUT2D eigenvalue weighted by Gasteiger charge is -2.26. The van der Waals surface area contributed by atoms with Crippen LogP contribution < -0.4 is 5.73 Å². The van der Waals surface area contributed by atoms with Crippen molar-refractivity contribution in [3.63, 3.8) is 0 Å². The number of rotatable bonds is 7. The Morgan fingerprint density at radius 3 is 2.79 bits per heavy atom. The number of benzene rings is 1. The lowest BCUT2D eigenvalue weighted by molar-refractivity contribution is 0.407. The quantitative estimate of drug-likeness (QED) is 0.567. The van der Waals surface area contributed by atoms with Gasteiger partial charge in [-0.2, -0.15) is 0 Å². The van der Waals surface area contributed by atoms with Gasteiger partial charge >= 0.3 is 0 Å². The fraction of sp³-hybridized carbons (Fsp3) is 0.727. The molecule has 3 rings (SSSR count). The monoisotopic (exact) mass is 325 g/mol. The van der Waals surface area contributed by atoms with Gasteiger partial charge in [0.2, 0.25) is 0 Å². The van der Waals surface area contributed by atoms with E-state index in [9.17, 15) is 0 Å². The Morgan fingerprint density at radius 1 is 1.17 bits per heavy atom. The topological polar surface area (TPSA) is 26.0 Å². The number of hydrogen-bond acceptors (Lipinski definition) is 1. The zero-order valence-corrected chi connectivity index (χ0v) is 15.9. The van der Waals surface area contributed by atoms with Crippen molar-refractivity contribution < 1.29 is 0 Å². The molecule has 2 aliphatic carbocycles. The molecule has 2 N–H and O–H groups in total. The highest BCUT2D eigenvalue weighted by molar-refractivity contribution is 6.08. The number of nitrogens with two attached hydrogens (primary N) is 1. The van der Waals surface area contributed by atoms with Gasteiger partial charge in [-0.1, -0.05) is 57.1 Å². The Hall–Kier alpha value is -0.755. The van der Waals surface area contributed by atoms with Crippen molar-refractivity contribution in [2.45, 2.75) is 95.3 Å². The minimum absolute atomic E-state index is 0.101. The molecule has 1 aromatic carbocycles. The molecule has 3 atom stereocenters. The van der Waals surface area contributed by atoms with Crippen molar-refractivity contribution in [1.29, 1.82) is 0 Å².